The van der Waals surface area contributed by atoms with Gasteiger partial charge in [0.2, 0.25) is 0 Å². The van der Waals surface area contributed by atoms with Gasteiger partial charge in [-0.05, 0) is 24.6 Å². The van der Waals surface area contributed by atoms with Crippen LogP contribution in [0.4, 0.5) is 0 Å². The number of benzene rings is 1. The van der Waals surface area contributed by atoms with Gasteiger partial charge in [0.05, 0.1) is 16.7 Å². The van der Waals surface area contributed by atoms with E-state index in [-0.39, 0.29) is 11.1 Å². The zero-order valence-corrected chi connectivity index (χ0v) is 8.22. The Morgan fingerprint density at radius 1 is 0.812 bits per heavy atom. The predicted molar refractivity (Wildman–Crippen MR) is 52.1 cm³/mol. The van der Waals surface area contributed by atoms with E-state index in [1.807, 2.05) is 0 Å². The molecule has 3 N–H and O–H groups in total. The average Bonchev–Trinajstić information content (AvgIpc) is 2.15. The minimum Gasteiger partial charge on any atom is -0.478 e. The van der Waals surface area contributed by atoms with E-state index in [4.69, 9.17) is 15.3 Å². The summed E-state index contributed by atoms with van der Waals surface area (Å²) in [5, 5.41) is 26.3. The van der Waals surface area contributed by atoms with Crippen LogP contribution in [0, 0.1) is 6.92 Å². The lowest BCUT2D eigenvalue weighted by atomic mass is 9.99. The predicted octanol–water partition coefficient (Wildman–Crippen LogP) is 1.09. The molecule has 16 heavy (non-hydrogen) atoms. The molecule has 0 fully saturated rings. The third-order valence-corrected chi connectivity index (χ3v) is 2.06. The Kier molecular flexibility index (Phi) is 2.94. The van der Waals surface area contributed by atoms with Crippen molar-refractivity contribution in [3.8, 4) is 0 Å². The van der Waals surface area contributed by atoms with Crippen LogP contribution in [0.15, 0.2) is 12.1 Å². The van der Waals surface area contributed by atoms with E-state index >= 15 is 0 Å². The molecule has 0 spiro atoms. The van der Waals surface area contributed by atoms with Crippen LogP contribution in [0.3, 0.4) is 0 Å². The van der Waals surface area contributed by atoms with Crippen LogP contribution in [-0.4, -0.2) is 33.2 Å². The highest BCUT2D eigenvalue weighted by Crippen LogP contribution is 2.17. The largest absolute Gasteiger partial charge is 0.478 e. The number of hydrogen-bond acceptors (Lipinski definition) is 3. The lowest BCUT2D eigenvalue weighted by molar-refractivity contribution is 0.0649. The van der Waals surface area contributed by atoms with Crippen LogP contribution in [0.2, 0.25) is 0 Å². The summed E-state index contributed by atoms with van der Waals surface area (Å²) >= 11 is 0. The van der Waals surface area contributed by atoms with Gasteiger partial charge in [0, 0.05) is 0 Å². The summed E-state index contributed by atoms with van der Waals surface area (Å²) in [6.07, 6.45) is 0. The molecule has 0 aliphatic rings. The molecule has 1 rings (SSSR count). The van der Waals surface area contributed by atoms with E-state index in [0.717, 1.165) is 12.1 Å². The highest BCUT2D eigenvalue weighted by molar-refractivity contribution is 6.04. The van der Waals surface area contributed by atoms with Gasteiger partial charge in [-0.15, -0.1) is 0 Å². The molecular formula is C10H8O6. The van der Waals surface area contributed by atoms with Gasteiger partial charge in [0.25, 0.3) is 0 Å². The highest BCUT2D eigenvalue weighted by Gasteiger charge is 2.20. The summed E-state index contributed by atoms with van der Waals surface area (Å²) in [5.41, 5.74) is -0.970. The van der Waals surface area contributed by atoms with Crippen molar-refractivity contribution in [2.24, 2.45) is 0 Å². The Bertz CT molecular complexity index is 488. The van der Waals surface area contributed by atoms with Gasteiger partial charge in [0.1, 0.15) is 0 Å². The molecule has 0 radical (unpaired) electrons. The molecule has 6 nitrogen and oxygen atoms in total. The molecule has 0 saturated heterocycles. The van der Waals surface area contributed by atoms with E-state index in [1.165, 1.54) is 6.92 Å². The molecule has 84 valence electrons. The number of hydrogen-bond donors (Lipinski definition) is 3. The van der Waals surface area contributed by atoms with Crippen molar-refractivity contribution in [1.82, 2.24) is 0 Å². The van der Waals surface area contributed by atoms with E-state index in [9.17, 15) is 14.4 Å². The number of rotatable bonds is 3. The summed E-state index contributed by atoms with van der Waals surface area (Å²) < 4.78 is 0. The molecule has 0 heterocycles. The van der Waals surface area contributed by atoms with Crippen molar-refractivity contribution in [3.63, 3.8) is 0 Å². The number of aryl methyl sites for hydroxylation is 1. The SMILES string of the molecule is Cc1cc(C(=O)O)c(C(=O)O)cc1C(=O)O. The quantitative estimate of drug-likeness (QED) is 0.708. The molecule has 0 aliphatic carbocycles. The lowest BCUT2D eigenvalue weighted by Crippen LogP contribution is -2.12. The molecule has 0 saturated carbocycles. The van der Waals surface area contributed by atoms with Gasteiger partial charge >= 0.3 is 17.9 Å². The molecule has 0 bridgehead atoms. The molecule has 0 unspecified atom stereocenters. The van der Waals surface area contributed by atoms with E-state index in [2.05, 4.69) is 0 Å². The molecule has 1 aromatic rings. The third-order valence-electron chi connectivity index (χ3n) is 2.06. The first-order valence-corrected chi connectivity index (χ1v) is 4.19. The maximum Gasteiger partial charge on any atom is 0.336 e. The van der Waals surface area contributed by atoms with Crippen molar-refractivity contribution >= 4 is 17.9 Å². The number of aromatic carboxylic acids is 3. The van der Waals surface area contributed by atoms with Gasteiger partial charge in [-0.2, -0.15) is 0 Å². The first kappa shape index (κ1) is 11.7. The first-order chi connectivity index (χ1) is 7.34. The summed E-state index contributed by atoms with van der Waals surface area (Å²) in [7, 11) is 0. The van der Waals surface area contributed by atoms with Crippen LogP contribution in [0.5, 0.6) is 0 Å². The van der Waals surface area contributed by atoms with Crippen molar-refractivity contribution < 1.29 is 29.7 Å². The van der Waals surface area contributed by atoms with Gasteiger partial charge in [-0.3, -0.25) is 0 Å². The standard InChI is InChI=1S/C10H8O6/c1-4-2-6(9(13)14)7(10(15)16)3-5(4)8(11)12/h2-3H,1H3,(H,11,12)(H,13,14)(H,15,16). The second-order valence-corrected chi connectivity index (χ2v) is 3.13. The van der Waals surface area contributed by atoms with E-state index < -0.39 is 29.0 Å². The maximum absolute atomic E-state index is 10.8. The van der Waals surface area contributed by atoms with Gasteiger partial charge < -0.3 is 15.3 Å². The fraction of sp³-hybridized carbons (Fsp3) is 0.100. The minimum absolute atomic E-state index is 0.204. The molecule has 0 aromatic heterocycles. The normalized spacial score (nSPS) is 9.81. The second kappa shape index (κ2) is 4.01. The molecule has 6 heteroatoms. The van der Waals surface area contributed by atoms with E-state index in [1.54, 1.807) is 0 Å². The van der Waals surface area contributed by atoms with Crippen molar-refractivity contribution in [2.75, 3.05) is 0 Å². The monoisotopic (exact) mass is 224 g/mol. The molecule has 0 amide bonds. The maximum atomic E-state index is 10.8. The van der Waals surface area contributed by atoms with Crippen molar-refractivity contribution in [1.29, 1.82) is 0 Å². The third kappa shape index (κ3) is 2.00. The Balaban J connectivity index is 3.55. The van der Waals surface area contributed by atoms with E-state index in [0.29, 0.717) is 0 Å². The molecule has 1 aromatic carbocycles. The molecule has 0 atom stereocenters. The fourth-order valence-electron chi connectivity index (χ4n) is 1.29. The fourth-order valence-corrected chi connectivity index (χ4v) is 1.29. The van der Waals surface area contributed by atoms with Crippen LogP contribution in [-0.2, 0) is 0 Å². The topological polar surface area (TPSA) is 112 Å². The van der Waals surface area contributed by atoms with Crippen LogP contribution in [0.25, 0.3) is 0 Å². The molecular weight excluding hydrogens is 216 g/mol. The number of carboxylic acid groups (broad SMARTS) is 3. The summed E-state index contributed by atoms with van der Waals surface area (Å²) in [5.74, 6) is -4.17. The smallest absolute Gasteiger partial charge is 0.336 e. The Morgan fingerprint density at radius 3 is 1.56 bits per heavy atom. The van der Waals surface area contributed by atoms with Gasteiger partial charge in [0.15, 0.2) is 0 Å². The Labute approximate surface area is 89.8 Å². The summed E-state index contributed by atoms with van der Waals surface area (Å²) in [6.45, 7) is 1.40. The van der Waals surface area contributed by atoms with Crippen LogP contribution in [0.1, 0.15) is 36.6 Å². The number of carboxylic acids is 3. The summed E-state index contributed by atoms with van der Waals surface area (Å²) in [4.78, 5) is 32.2. The van der Waals surface area contributed by atoms with Gasteiger partial charge in [-0.25, -0.2) is 14.4 Å². The number of carbonyl (C=O) groups is 3. The lowest BCUT2D eigenvalue weighted by Gasteiger charge is -2.06. The minimum atomic E-state index is -1.47. The van der Waals surface area contributed by atoms with Crippen LogP contribution >= 0.6 is 0 Å². The summed E-state index contributed by atoms with van der Waals surface area (Å²) in [6, 6.07) is 1.89. The first-order valence-electron chi connectivity index (χ1n) is 4.19. The Hall–Kier alpha value is -2.37. The molecule has 0 aliphatic heterocycles. The van der Waals surface area contributed by atoms with Crippen molar-refractivity contribution in [2.45, 2.75) is 6.92 Å². The van der Waals surface area contributed by atoms with Crippen molar-refractivity contribution in [3.05, 3.63) is 34.4 Å². The second-order valence-electron chi connectivity index (χ2n) is 3.13. The zero-order valence-electron chi connectivity index (χ0n) is 8.22. The Morgan fingerprint density at radius 2 is 1.19 bits per heavy atom. The average molecular weight is 224 g/mol. The zero-order chi connectivity index (χ0) is 12.5. The highest BCUT2D eigenvalue weighted by atomic mass is 16.4. The van der Waals surface area contributed by atoms with Crippen LogP contribution < -0.4 is 0 Å². The van der Waals surface area contributed by atoms with Gasteiger partial charge in [-0.1, -0.05) is 0 Å².